The third-order valence-corrected chi connectivity index (χ3v) is 3.07. The molecule has 1 aliphatic carbocycles. The van der Waals surface area contributed by atoms with Crippen LogP contribution in [0.1, 0.15) is 50.9 Å². The van der Waals surface area contributed by atoms with Gasteiger partial charge in [0.1, 0.15) is 11.2 Å². The lowest BCUT2D eigenvalue weighted by Gasteiger charge is -2.20. The van der Waals surface area contributed by atoms with Crippen LogP contribution in [0.5, 0.6) is 0 Å². The van der Waals surface area contributed by atoms with Crippen LogP contribution in [-0.2, 0) is 14.9 Å². The lowest BCUT2D eigenvalue weighted by atomic mass is 9.92. The molecule has 1 aliphatic rings. The lowest BCUT2D eigenvalue weighted by molar-refractivity contribution is -0.149. The molecule has 0 atom stereocenters. The third kappa shape index (κ3) is 2.46. The van der Waals surface area contributed by atoms with E-state index in [1.54, 1.807) is 20.8 Å². The number of nitrogens with zero attached hydrogens (tertiary/aromatic N) is 2. The summed E-state index contributed by atoms with van der Waals surface area (Å²) in [5.74, 6) is 0.884. The number of carbonyl (C=O) groups is 1. The summed E-state index contributed by atoms with van der Waals surface area (Å²) in [5, 5.41) is 0. The van der Waals surface area contributed by atoms with Gasteiger partial charge in [0.15, 0.2) is 0 Å². The average molecular weight is 234 g/mol. The second-order valence-electron chi connectivity index (χ2n) is 4.96. The number of hydrogen-bond donors (Lipinski definition) is 0. The van der Waals surface area contributed by atoms with Crippen LogP contribution in [0.15, 0.2) is 12.4 Å². The zero-order valence-electron chi connectivity index (χ0n) is 10.6. The van der Waals surface area contributed by atoms with Gasteiger partial charge in [0.25, 0.3) is 0 Å². The van der Waals surface area contributed by atoms with E-state index in [9.17, 15) is 4.79 Å². The first kappa shape index (κ1) is 12.0. The van der Waals surface area contributed by atoms with Crippen LogP contribution in [0.4, 0.5) is 0 Å². The molecule has 4 nitrogen and oxygen atoms in total. The van der Waals surface area contributed by atoms with Crippen molar-refractivity contribution in [2.75, 3.05) is 6.61 Å². The highest BCUT2D eigenvalue weighted by Crippen LogP contribution is 2.39. The standard InChI is InChI=1S/C13H18N2O2/c1-4-17-12(16)13(2,3)11-14-7-10(8-15-11)9-5-6-9/h7-9H,4-6H2,1-3H3. The smallest absolute Gasteiger partial charge is 0.319 e. The fourth-order valence-corrected chi connectivity index (χ4v) is 1.69. The van der Waals surface area contributed by atoms with Gasteiger partial charge in [-0.1, -0.05) is 0 Å². The maximum Gasteiger partial charge on any atom is 0.319 e. The molecule has 0 aliphatic heterocycles. The summed E-state index contributed by atoms with van der Waals surface area (Å²) in [6, 6.07) is 0. The van der Waals surface area contributed by atoms with Gasteiger partial charge in [0.2, 0.25) is 0 Å². The van der Waals surface area contributed by atoms with Gasteiger partial charge in [-0.25, -0.2) is 9.97 Å². The quantitative estimate of drug-likeness (QED) is 0.749. The highest BCUT2D eigenvalue weighted by molar-refractivity contribution is 5.80. The fourth-order valence-electron chi connectivity index (χ4n) is 1.69. The van der Waals surface area contributed by atoms with E-state index >= 15 is 0 Å². The lowest BCUT2D eigenvalue weighted by Crippen LogP contribution is -2.33. The van der Waals surface area contributed by atoms with Crippen molar-refractivity contribution < 1.29 is 9.53 Å². The van der Waals surface area contributed by atoms with Crippen LogP contribution in [0.3, 0.4) is 0 Å². The van der Waals surface area contributed by atoms with Crippen molar-refractivity contribution in [1.82, 2.24) is 9.97 Å². The molecule has 2 rings (SSSR count). The van der Waals surface area contributed by atoms with Gasteiger partial charge >= 0.3 is 5.97 Å². The van der Waals surface area contributed by atoms with E-state index in [2.05, 4.69) is 9.97 Å². The Morgan fingerprint density at radius 2 is 2.00 bits per heavy atom. The summed E-state index contributed by atoms with van der Waals surface area (Å²) >= 11 is 0. The third-order valence-electron chi connectivity index (χ3n) is 3.07. The van der Waals surface area contributed by atoms with Crippen LogP contribution >= 0.6 is 0 Å². The number of hydrogen-bond acceptors (Lipinski definition) is 4. The van der Waals surface area contributed by atoms with E-state index in [1.807, 2.05) is 12.4 Å². The van der Waals surface area contributed by atoms with Crippen LogP contribution in [0.25, 0.3) is 0 Å². The Balaban J connectivity index is 2.17. The van der Waals surface area contributed by atoms with Gasteiger partial charge < -0.3 is 4.74 Å². The first-order valence-corrected chi connectivity index (χ1v) is 6.05. The van der Waals surface area contributed by atoms with Crippen molar-refractivity contribution in [1.29, 1.82) is 0 Å². The summed E-state index contributed by atoms with van der Waals surface area (Å²) in [6.07, 6.45) is 6.12. The van der Waals surface area contributed by atoms with Crippen molar-refractivity contribution >= 4 is 5.97 Å². The first-order chi connectivity index (χ1) is 8.05. The molecule has 1 aromatic heterocycles. The van der Waals surface area contributed by atoms with E-state index in [0.29, 0.717) is 18.3 Å². The Hall–Kier alpha value is -1.45. The van der Waals surface area contributed by atoms with Crippen molar-refractivity contribution in [3.8, 4) is 0 Å². The second kappa shape index (κ2) is 4.43. The Bertz CT molecular complexity index is 408. The van der Waals surface area contributed by atoms with E-state index in [-0.39, 0.29) is 5.97 Å². The minimum Gasteiger partial charge on any atom is -0.465 e. The molecular formula is C13H18N2O2. The molecule has 1 saturated carbocycles. The van der Waals surface area contributed by atoms with Crippen LogP contribution in [0, 0.1) is 0 Å². The molecule has 0 radical (unpaired) electrons. The van der Waals surface area contributed by atoms with Gasteiger partial charge in [-0.3, -0.25) is 4.79 Å². The molecule has 0 bridgehead atoms. The minimum absolute atomic E-state index is 0.279. The number of carbonyl (C=O) groups excluding carboxylic acids is 1. The molecule has 1 heterocycles. The predicted octanol–water partition coefficient (Wildman–Crippen LogP) is 2.19. The summed E-state index contributed by atoms with van der Waals surface area (Å²) in [4.78, 5) is 20.4. The highest BCUT2D eigenvalue weighted by Gasteiger charge is 2.35. The summed E-state index contributed by atoms with van der Waals surface area (Å²) in [6.45, 7) is 5.75. The maximum atomic E-state index is 11.8. The Labute approximate surface area is 101 Å². The molecule has 0 aromatic carbocycles. The molecule has 1 aromatic rings. The first-order valence-electron chi connectivity index (χ1n) is 6.05. The van der Waals surface area contributed by atoms with E-state index in [1.165, 1.54) is 18.4 Å². The van der Waals surface area contributed by atoms with Crippen molar-refractivity contribution in [2.45, 2.75) is 44.9 Å². The summed E-state index contributed by atoms with van der Waals surface area (Å²) in [5.41, 5.74) is 0.395. The molecule has 0 spiro atoms. The second-order valence-corrected chi connectivity index (χ2v) is 4.96. The SMILES string of the molecule is CCOC(=O)C(C)(C)c1ncc(C2CC2)cn1. The minimum atomic E-state index is -0.780. The van der Waals surface area contributed by atoms with Gasteiger partial charge in [0, 0.05) is 12.4 Å². The number of esters is 1. The van der Waals surface area contributed by atoms with E-state index in [4.69, 9.17) is 4.74 Å². The molecule has 92 valence electrons. The molecule has 0 saturated heterocycles. The van der Waals surface area contributed by atoms with Crippen molar-refractivity contribution in [3.63, 3.8) is 0 Å². The normalized spacial score (nSPS) is 15.7. The van der Waals surface area contributed by atoms with Crippen LogP contribution in [-0.4, -0.2) is 22.5 Å². The van der Waals surface area contributed by atoms with Crippen molar-refractivity contribution in [2.24, 2.45) is 0 Å². The number of aromatic nitrogens is 2. The zero-order chi connectivity index (χ0) is 12.5. The zero-order valence-corrected chi connectivity index (χ0v) is 10.6. The Kier molecular flexibility index (Phi) is 3.13. The van der Waals surface area contributed by atoms with Crippen LogP contribution in [0.2, 0.25) is 0 Å². The highest BCUT2D eigenvalue weighted by atomic mass is 16.5. The molecule has 4 heteroatoms. The molecule has 0 N–H and O–H groups in total. The predicted molar refractivity (Wildman–Crippen MR) is 63.7 cm³/mol. The molecular weight excluding hydrogens is 216 g/mol. The van der Waals surface area contributed by atoms with Crippen LogP contribution < -0.4 is 0 Å². The maximum absolute atomic E-state index is 11.8. The molecule has 1 fully saturated rings. The summed E-state index contributed by atoms with van der Waals surface area (Å²) < 4.78 is 5.03. The number of ether oxygens (including phenoxy) is 1. The topological polar surface area (TPSA) is 52.1 Å². The molecule has 17 heavy (non-hydrogen) atoms. The Morgan fingerprint density at radius 3 is 2.47 bits per heavy atom. The van der Waals surface area contributed by atoms with E-state index < -0.39 is 5.41 Å². The van der Waals surface area contributed by atoms with E-state index in [0.717, 1.165) is 0 Å². The van der Waals surface area contributed by atoms with Gasteiger partial charge in [-0.15, -0.1) is 0 Å². The van der Waals surface area contributed by atoms with Crippen molar-refractivity contribution in [3.05, 3.63) is 23.8 Å². The Morgan fingerprint density at radius 1 is 1.41 bits per heavy atom. The van der Waals surface area contributed by atoms with Gasteiger partial charge in [-0.2, -0.15) is 0 Å². The molecule has 0 unspecified atom stereocenters. The average Bonchev–Trinajstić information content (AvgIpc) is 3.13. The number of rotatable bonds is 4. The van der Waals surface area contributed by atoms with Gasteiger partial charge in [-0.05, 0) is 45.1 Å². The largest absolute Gasteiger partial charge is 0.465 e. The summed E-state index contributed by atoms with van der Waals surface area (Å²) in [7, 11) is 0. The van der Waals surface area contributed by atoms with Gasteiger partial charge in [0.05, 0.1) is 6.61 Å². The molecule has 0 amide bonds. The fraction of sp³-hybridized carbons (Fsp3) is 0.615. The monoisotopic (exact) mass is 234 g/mol.